The molecule has 4 rings (SSSR count). The van der Waals surface area contributed by atoms with Crippen molar-refractivity contribution in [1.29, 1.82) is 0 Å². The molecule has 2 saturated heterocycles. The van der Waals surface area contributed by atoms with Crippen LogP contribution in [0.5, 0.6) is 0 Å². The van der Waals surface area contributed by atoms with E-state index in [1.807, 2.05) is 26.4 Å². The van der Waals surface area contributed by atoms with E-state index in [0.717, 1.165) is 48.3 Å². The maximum Gasteiger partial charge on any atom is 0.416 e. The summed E-state index contributed by atoms with van der Waals surface area (Å²) in [6.45, 7) is 2.56. The van der Waals surface area contributed by atoms with Crippen molar-refractivity contribution in [3.05, 3.63) is 59.9 Å². The number of sulfonamides is 1. The van der Waals surface area contributed by atoms with Gasteiger partial charge >= 0.3 is 6.18 Å². The van der Waals surface area contributed by atoms with Gasteiger partial charge in [0.2, 0.25) is 10.0 Å². The van der Waals surface area contributed by atoms with E-state index in [1.54, 1.807) is 6.20 Å². The molecule has 1 aromatic heterocycles. The Morgan fingerprint density at radius 3 is 2.49 bits per heavy atom. The first-order valence-corrected chi connectivity index (χ1v) is 14.9. The van der Waals surface area contributed by atoms with Crippen molar-refractivity contribution in [2.75, 3.05) is 46.8 Å². The average Bonchev–Trinajstić information content (AvgIpc) is 2.93. The number of benzene rings is 1. The Hall–Kier alpha value is -2.34. The number of aromatic nitrogens is 1. The standard InChI is InChI=1S/C28H37F3N4O3S/c1-33(2)16-11-27(23-8-6-14-32-20-23)12-17-34(18-13-27)21-26(36)25-10-3-4-15-35(25)39(37,38)24-9-5-7-22(19-24)28(29,30)31/h5-9,14,19-20,25H,3-4,10-13,15-18,21H2,1-2H3. The Labute approximate surface area is 229 Å². The van der Waals surface area contributed by atoms with E-state index in [-0.39, 0.29) is 24.3 Å². The van der Waals surface area contributed by atoms with E-state index in [4.69, 9.17) is 0 Å². The van der Waals surface area contributed by atoms with Gasteiger partial charge in [-0.25, -0.2) is 8.42 Å². The quantitative estimate of drug-likeness (QED) is 0.453. The Bertz CT molecular complexity index is 1230. The Morgan fingerprint density at radius 2 is 1.85 bits per heavy atom. The van der Waals surface area contributed by atoms with Gasteiger partial charge in [-0.15, -0.1) is 0 Å². The Morgan fingerprint density at radius 1 is 1.10 bits per heavy atom. The van der Waals surface area contributed by atoms with Gasteiger partial charge in [0.15, 0.2) is 5.78 Å². The molecule has 2 aromatic rings. The lowest BCUT2D eigenvalue weighted by Crippen LogP contribution is -2.52. The van der Waals surface area contributed by atoms with E-state index >= 15 is 0 Å². The first kappa shape index (κ1) is 29.6. The first-order valence-electron chi connectivity index (χ1n) is 13.4. The van der Waals surface area contributed by atoms with Gasteiger partial charge in [0.05, 0.1) is 23.0 Å². The number of carbonyl (C=O) groups excluding carboxylic acids is 1. The van der Waals surface area contributed by atoms with Crippen LogP contribution in [-0.4, -0.2) is 86.2 Å². The summed E-state index contributed by atoms with van der Waals surface area (Å²) in [5.41, 5.74) is 0.133. The highest BCUT2D eigenvalue weighted by Gasteiger charge is 2.41. The van der Waals surface area contributed by atoms with Crippen LogP contribution in [0.3, 0.4) is 0 Å². The summed E-state index contributed by atoms with van der Waals surface area (Å²) >= 11 is 0. The van der Waals surface area contributed by atoms with Crippen LogP contribution in [-0.2, 0) is 26.4 Å². The number of hydrogen-bond acceptors (Lipinski definition) is 6. The number of halogens is 3. The lowest BCUT2D eigenvalue weighted by molar-refractivity contribution is -0.137. The number of likely N-dealkylation sites (tertiary alicyclic amines) is 1. The molecule has 2 aliphatic rings. The molecule has 3 heterocycles. The van der Waals surface area contributed by atoms with Crippen molar-refractivity contribution in [1.82, 2.24) is 19.1 Å². The smallest absolute Gasteiger partial charge is 0.309 e. The number of nitrogens with zero attached hydrogens (tertiary/aromatic N) is 4. The highest BCUT2D eigenvalue weighted by molar-refractivity contribution is 7.89. The summed E-state index contributed by atoms with van der Waals surface area (Å²) in [4.78, 5) is 21.6. The fourth-order valence-electron chi connectivity index (χ4n) is 5.74. The molecule has 0 spiro atoms. The van der Waals surface area contributed by atoms with Crippen LogP contribution in [0.15, 0.2) is 53.7 Å². The van der Waals surface area contributed by atoms with Crippen molar-refractivity contribution in [2.24, 2.45) is 0 Å². The number of piperidine rings is 2. The van der Waals surface area contributed by atoms with Crippen molar-refractivity contribution in [3.63, 3.8) is 0 Å². The van der Waals surface area contributed by atoms with Gasteiger partial charge in [-0.2, -0.15) is 17.5 Å². The number of pyridine rings is 1. The first-order chi connectivity index (χ1) is 18.4. The lowest BCUT2D eigenvalue weighted by Gasteiger charge is -2.43. The summed E-state index contributed by atoms with van der Waals surface area (Å²) in [5, 5.41) is 0. The maximum absolute atomic E-state index is 13.5. The summed E-state index contributed by atoms with van der Waals surface area (Å²) in [6, 6.07) is 6.94. The molecule has 0 bridgehead atoms. The van der Waals surface area contributed by atoms with Gasteiger partial charge in [0.25, 0.3) is 0 Å². The third-order valence-corrected chi connectivity index (χ3v) is 10.0. The molecular formula is C28H37F3N4O3S. The number of carbonyl (C=O) groups is 1. The zero-order valence-corrected chi connectivity index (χ0v) is 23.3. The van der Waals surface area contributed by atoms with Gasteiger partial charge in [-0.3, -0.25) is 14.7 Å². The molecule has 0 radical (unpaired) electrons. The zero-order valence-electron chi connectivity index (χ0n) is 22.5. The third kappa shape index (κ3) is 6.87. The molecular weight excluding hydrogens is 529 g/mol. The Balaban J connectivity index is 1.47. The average molecular weight is 567 g/mol. The second-order valence-corrected chi connectivity index (χ2v) is 12.9. The molecule has 0 N–H and O–H groups in total. The van der Waals surface area contributed by atoms with Gasteiger partial charge in [0.1, 0.15) is 0 Å². The van der Waals surface area contributed by atoms with Gasteiger partial charge in [-0.05, 0) is 95.7 Å². The molecule has 1 unspecified atom stereocenters. The number of hydrogen-bond donors (Lipinski definition) is 0. The van der Waals surface area contributed by atoms with Crippen LogP contribution in [0, 0.1) is 0 Å². The predicted octanol–water partition coefficient (Wildman–Crippen LogP) is 4.20. The molecule has 1 aromatic carbocycles. The van der Waals surface area contributed by atoms with Crippen molar-refractivity contribution < 1.29 is 26.4 Å². The molecule has 11 heteroatoms. The van der Waals surface area contributed by atoms with Crippen molar-refractivity contribution >= 4 is 15.8 Å². The van der Waals surface area contributed by atoms with Crippen LogP contribution < -0.4 is 0 Å². The van der Waals surface area contributed by atoms with E-state index in [9.17, 15) is 26.4 Å². The highest BCUT2D eigenvalue weighted by atomic mass is 32.2. The molecule has 7 nitrogen and oxygen atoms in total. The fourth-order valence-corrected chi connectivity index (χ4v) is 7.47. The topological polar surface area (TPSA) is 73.8 Å². The monoisotopic (exact) mass is 566 g/mol. The van der Waals surface area contributed by atoms with E-state index in [1.165, 1.54) is 5.56 Å². The lowest BCUT2D eigenvalue weighted by atomic mass is 9.71. The molecule has 1 atom stereocenters. The normalized spacial score (nSPS) is 21.2. The van der Waals surface area contributed by atoms with Crippen LogP contribution in [0.4, 0.5) is 13.2 Å². The number of alkyl halides is 3. The summed E-state index contributed by atoms with van der Waals surface area (Å²) in [6.07, 6.45) is 3.34. The SMILES string of the molecule is CN(C)CCC1(c2cccnc2)CCN(CC(=O)C2CCCCN2S(=O)(=O)c2cccc(C(F)(F)F)c2)CC1. The molecule has 39 heavy (non-hydrogen) atoms. The summed E-state index contributed by atoms with van der Waals surface area (Å²) in [5.74, 6) is -0.201. The minimum absolute atomic E-state index is 0.0399. The van der Waals surface area contributed by atoms with Crippen molar-refractivity contribution in [2.45, 2.75) is 61.1 Å². The van der Waals surface area contributed by atoms with Gasteiger partial charge in [-0.1, -0.05) is 18.6 Å². The predicted molar refractivity (Wildman–Crippen MR) is 143 cm³/mol. The number of rotatable bonds is 9. The van der Waals surface area contributed by atoms with Gasteiger partial charge in [0, 0.05) is 24.4 Å². The van der Waals surface area contributed by atoms with Crippen LogP contribution in [0.2, 0.25) is 0 Å². The highest BCUT2D eigenvalue weighted by Crippen LogP contribution is 2.39. The van der Waals surface area contributed by atoms with Crippen molar-refractivity contribution in [3.8, 4) is 0 Å². The minimum Gasteiger partial charge on any atom is -0.309 e. The summed E-state index contributed by atoms with van der Waals surface area (Å²) in [7, 11) is -0.168. The molecule has 0 amide bonds. The maximum atomic E-state index is 13.5. The molecule has 214 valence electrons. The second kappa shape index (κ2) is 12.0. The van der Waals surface area contributed by atoms with E-state index < -0.39 is 32.7 Å². The molecule has 0 aliphatic carbocycles. The number of Topliss-reactive ketones (excluding diaryl/α,β-unsaturated/α-hetero) is 1. The largest absolute Gasteiger partial charge is 0.416 e. The van der Waals surface area contributed by atoms with Crippen LogP contribution >= 0.6 is 0 Å². The summed E-state index contributed by atoms with van der Waals surface area (Å²) < 4.78 is 67.7. The molecule has 2 aliphatic heterocycles. The van der Waals surface area contributed by atoms with Crippen LogP contribution in [0.1, 0.15) is 49.7 Å². The van der Waals surface area contributed by atoms with Gasteiger partial charge < -0.3 is 4.90 Å². The fraction of sp³-hybridized carbons (Fsp3) is 0.571. The van der Waals surface area contributed by atoms with E-state index in [2.05, 4.69) is 20.9 Å². The number of ketones is 1. The third-order valence-electron chi connectivity index (χ3n) is 8.10. The second-order valence-electron chi connectivity index (χ2n) is 11.0. The van der Waals surface area contributed by atoms with Crippen LogP contribution in [0.25, 0.3) is 0 Å². The molecule has 0 saturated carbocycles. The Kier molecular flexibility index (Phi) is 9.15. The zero-order chi connectivity index (χ0) is 28.3. The van der Waals surface area contributed by atoms with E-state index in [0.29, 0.717) is 38.4 Å². The molecule has 2 fully saturated rings. The minimum atomic E-state index is -4.66.